The van der Waals surface area contributed by atoms with Gasteiger partial charge in [-0.2, -0.15) is 0 Å². The molecule has 1 rings (SSSR count). The van der Waals surface area contributed by atoms with Crippen LogP contribution in [-0.2, 0) is 9.53 Å². The SMILES string of the molecule is COC(=O)C(C)(C)N(C)C(=O)c1ccc(Br)cc1F. The fraction of sp³-hybridized carbons (Fsp3) is 0.385. The van der Waals surface area contributed by atoms with Crippen molar-refractivity contribution in [2.75, 3.05) is 14.2 Å². The summed E-state index contributed by atoms with van der Waals surface area (Å²) in [6.45, 7) is 3.07. The zero-order valence-electron chi connectivity index (χ0n) is 11.2. The summed E-state index contributed by atoms with van der Waals surface area (Å²) in [6.07, 6.45) is 0. The molecule has 104 valence electrons. The molecule has 0 bridgehead atoms. The summed E-state index contributed by atoms with van der Waals surface area (Å²) in [6, 6.07) is 4.13. The van der Waals surface area contributed by atoms with Crippen LogP contribution in [0.25, 0.3) is 0 Å². The highest BCUT2D eigenvalue weighted by Gasteiger charge is 2.37. The highest BCUT2D eigenvalue weighted by atomic mass is 79.9. The number of nitrogens with zero attached hydrogens (tertiary/aromatic N) is 1. The number of ether oxygens (including phenoxy) is 1. The van der Waals surface area contributed by atoms with Crippen molar-refractivity contribution in [3.05, 3.63) is 34.1 Å². The Morgan fingerprint density at radius 3 is 2.42 bits per heavy atom. The molecule has 0 aliphatic carbocycles. The van der Waals surface area contributed by atoms with Crippen molar-refractivity contribution in [1.29, 1.82) is 0 Å². The van der Waals surface area contributed by atoms with Crippen molar-refractivity contribution in [2.24, 2.45) is 0 Å². The first-order valence-electron chi connectivity index (χ1n) is 5.53. The summed E-state index contributed by atoms with van der Waals surface area (Å²) in [5, 5.41) is 0. The monoisotopic (exact) mass is 331 g/mol. The fourth-order valence-electron chi connectivity index (χ4n) is 1.48. The summed E-state index contributed by atoms with van der Waals surface area (Å²) in [7, 11) is 2.67. The molecule has 0 aliphatic rings. The maximum atomic E-state index is 13.7. The number of rotatable bonds is 3. The molecule has 0 spiro atoms. The highest BCUT2D eigenvalue weighted by molar-refractivity contribution is 9.10. The molecule has 0 unspecified atom stereocenters. The molecule has 0 saturated carbocycles. The van der Waals surface area contributed by atoms with Crippen LogP contribution < -0.4 is 0 Å². The van der Waals surface area contributed by atoms with E-state index in [0.717, 1.165) is 4.90 Å². The van der Waals surface area contributed by atoms with E-state index in [1.165, 1.54) is 40.1 Å². The lowest BCUT2D eigenvalue weighted by Crippen LogP contribution is -2.51. The summed E-state index contributed by atoms with van der Waals surface area (Å²) >= 11 is 3.12. The van der Waals surface area contributed by atoms with Gasteiger partial charge in [0.1, 0.15) is 11.4 Å². The van der Waals surface area contributed by atoms with Gasteiger partial charge in [-0.25, -0.2) is 9.18 Å². The number of halogens is 2. The molecule has 0 N–H and O–H groups in total. The van der Waals surface area contributed by atoms with Crippen molar-refractivity contribution in [1.82, 2.24) is 4.90 Å². The molecule has 0 radical (unpaired) electrons. The van der Waals surface area contributed by atoms with Crippen LogP contribution in [0.15, 0.2) is 22.7 Å². The lowest BCUT2D eigenvalue weighted by atomic mass is 10.0. The zero-order valence-corrected chi connectivity index (χ0v) is 12.7. The van der Waals surface area contributed by atoms with E-state index in [1.807, 2.05) is 0 Å². The Balaban J connectivity index is 3.09. The van der Waals surface area contributed by atoms with E-state index in [4.69, 9.17) is 0 Å². The van der Waals surface area contributed by atoms with Crippen LogP contribution in [0.1, 0.15) is 24.2 Å². The predicted molar refractivity (Wildman–Crippen MR) is 72.3 cm³/mol. The standard InChI is InChI=1S/C13H15BrFNO3/c1-13(2,12(18)19-4)16(3)11(17)9-6-5-8(14)7-10(9)15/h5-7H,1-4H3. The zero-order chi connectivity index (χ0) is 14.8. The number of benzene rings is 1. The molecule has 6 heteroatoms. The number of esters is 1. The minimum atomic E-state index is -1.18. The summed E-state index contributed by atoms with van der Waals surface area (Å²) in [5.74, 6) is -1.80. The minimum Gasteiger partial charge on any atom is -0.467 e. The first kappa shape index (κ1) is 15.6. The second kappa shape index (κ2) is 5.69. The molecule has 1 aromatic rings. The minimum absolute atomic E-state index is 0.0947. The third kappa shape index (κ3) is 3.12. The van der Waals surface area contributed by atoms with E-state index in [-0.39, 0.29) is 5.56 Å². The molecule has 0 saturated heterocycles. The van der Waals surface area contributed by atoms with Crippen molar-refractivity contribution in [3.8, 4) is 0 Å². The van der Waals surface area contributed by atoms with Crippen molar-refractivity contribution in [3.63, 3.8) is 0 Å². The molecule has 0 aromatic heterocycles. The van der Waals surface area contributed by atoms with Crippen LogP contribution in [0, 0.1) is 5.82 Å². The van der Waals surface area contributed by atoms with E-state index in [2.05, 4.69) is 20.7 Å². The maximum Gasteiger partial charge on any atom is 0.331 e. The van der Waals surface area contributed by atoms with Gasteiger partial charge < -0.3 is 9.64 Å². The largest absolute Gasteiger partial charge is 0.467 e. The van der Waals surface area contributed by atoms with Gasteiger partial charge in [0, 0.05) is 11.5 Å². The Kier molecular flexibility index (Phi) is 4.68. The number of likely N-dealkylation sites (N-methyl/N-ethyl adjacent to an activating group) is 1. The van der Waals surface area contributed by atoms with Crippen molar-refractivity contribution >= 4 is 27.8 Å². The number of carbonyl (C=O) groups excluding carboxylic acids is 2. The fourth-order valence-corrected chi connectivity index (χ4v) is 1.82. The van der Waals surface area contributed by atoms with Crippen molar-refractivity contribution in [2.45, 2.75) is 19.4 Å². The van der Waals surface area contributed by atoms with E-state index in [9.17, 15) is 14.0 Å². The molecule has 1 aromatic carbocycles. The van der Waals surface area contributed by atoms with E-state index >= 15 is 0 Å². The van der Waals surface area contributed by atoms with Gasteiger partial charge in [-0.05, 0) is 32.0 Å². The van der Waals surface area contributed by atoms with Crippen LogP contribution in [0.5, 0.6) is 0 Å². The van der Waals surface area contributed by atoms with Gasteiger partial charge in [0.15, 0.2) is 0 Å². The Labute approximate surface area is 119 Å². The van der Waals surface area contributed by atoms with Gasteiger partial charge in [-0.1, -0.05) is 15.9 Å². The average Bonchev–Trinajstić information content (AvgIpc) is 2.35. The van der Waals surface area contributed by atoms with Gasteiger partial charge in [0.2, 0.25) is 0 Å². The predicted octanol–water partition coefficient (Wildman–Crippen LogP) is 2.61. The van der Waals surface area contributed by atoms with Gasteiger partial charge >= 0.3 is 5.97 Å². The van der Waals surface area contributed by atoms with Crippen molar-refractivity contribution < 1.29 is 18.7 Å². The third-order valence-electron chi connectivity index (χ3n) is 2.99. The third-order valence-corrected chi connectivity index (χ3v) is 3.48. The van der Waals surface area contributed by atoms with E-state index in [0.29, 0.717) is 4.47 Å². The number of hydrogen-bond donors (Lipinski definition) is 0. The van der Waals surface area contributed by atoms with E-state index in [1.54, 1.807) is 6.07 Å². The van der Waals surface area contributed by atoms with Crippen LogP contribution in [0.3, 0.4) is 0 Å². The maximum absolute atomic E-state index is 13.7. The average molecular weight is 332 g/mol. The van der Waals surface area contributed by atoms with Gasteiger partial charge in [-0.3, -0.25) is 4.79 Å². The molecule has 19 heavy (non-hydrogen) atoms. The number of hydrogen-bond acceptors (Lipinski definition) is 3. The smallest absolute Gasteiger partial charge is 0.331 e. The molecule has 0 heterocycles. The van der Waals surface area contributed by atoms with Crippen LogP contribution in [0.2, 0.25) is 0 Å². The number of carbonyl (C=O) groups is 2. The molecular weight excluding hydrogens is 317 g/mol. The first-order valence-corrected chi connectivity index (χ1v) is 6.32. The Bertz CT molecular complexity index is 517. The normalized spacial score (nSPS) is 11.1. The number of methoxy groups -OCH3 is 1. The summed E-state index contributed by atoms with van der Waals surface area (Å²) in [4.78, 5) is 25.0. The van der Waals surface area contributed by atoms with Gasteiger partial charge in [0.05, 0.1) is 12.7 Å². The topological polar surface area (TPSA) is 46.6 Å². The molecule has 1 amide bonds. The second-order valence-electron chi connectivity index (χ2n) is 4.54. The molecule has 0 fully saturated rings. The lowest BCUT2D eigenvalue weighted by molar-refractivity contribution is -0.150. The molecular formula is C13H15BrFNO3. The molecule has 0 aliphatic heterocycles. The molecule has 4 nitrogen and oxygen atoms in total. The highest BCUT2D eigenvalue weighted by Crippen LogP contribution is 2.21. The van der Waals surface area contributed by atoms with E-state index < -0.39 is 23.2 Å². The summed E-state index contributed by atoms with van der Waals surface area (Å²) < 4.78 is 18.9. The van der Waals surface area contributed by atoms with Crippen LogP contribution >= 0.6 is 15.9 Å². The van der Waals surface area contributed by atoms with Gasteiger partial charge in [0.25, 0.3) is 5.91 Å². The van der Waals surface area contributed by atoms with Gasteiger partial charge in [-0.15, -0.1) is 0 Å². The lowest BCUT2D eigenvalue weighted by Gasteiger charge is -2.32. The second-order valence-corrected chi connectivity index (χ2v) is 5.45. The Hall–Kier alpha value is -1.43. The summed E-state index contributed by atoms with van der Waals surface area (Å²) in [5.41, 5.74) is -1.27. The quantitative estimate of drug-likeness (QED) is 0.800. The van der Waals surface area contributed by atoms with Crippen LogP contribution in [-0.4, -0.2) is 36.5 Å². The van der Waals surface area contributed by atoms with Crippen LogP contribution in [0.4, 0.5) is 4.39 Å². The first-order chi connectivity index (χ1) is 8.71. The molecule has 0 atom stereocenters. The Morgan fingerprint density at radius 1 is 1.37 bits per heavy atom. The Morgan fingerprint density at radius 2 is 1.95 bits per heavy atom. The number of amides is 1.